The van der Waals surface area contributed by atoms with E-state index in [0.29, 0.717) is 0 Å². The van der Waals surface area contributed by atoms with Gasteiger partial charge in [-0.15, -0.1) is 0 Å². The van der Waals surface area contributed by atoms with E-state index in [2.05, 4.69) is 25.4 Å². The minimum absolute atomic E-state index is 1.34. The molecular weight excluding hydrogens is 289 g/mol. The predicted molar refractivity (Wildman–Crippen MR) is 93.8 cm³/mol. The molecule has 116 valence electrons. The fourth-order valence-corrected chi connectivity index (χ4v) is 8.48. The van der Waals surface area contributed by atoms with Gasteiger partial charge in [0.05, 0.1) is 0 Å². The first kappa shape index (κ1) is 19.5. The van der Waals surface area contributed by atoms with Gasteiger partial charge in [-0.2, -0.15) is 0 Å². The topological polar surface area (TPSA) is 0 Å². The zero-order chi connectivity index (χ0) is 14.4. The van der Waals surface area contributed by atoms with Crippen molar-refractivity contribution in [3.8, 4) is 0 Å². The van der Waals surface area contributed by atoms with Crippen LogP contribution in [0.25, 0.3) is 0 Å². The van der Waals surface area contributed by atoms with Gasteiger partial charge in [0.25, 0.3) is 0 Å². The molecule has 0 amide bonds. The Bertz CT molecular complexity index is 157. The van der Waals surface area contributed by atoms with Crippen LogP contribution in [-0.2, 0) is 0 Å². The van der Waals surface area contributed by atoms with Crippen molar-refractivity contribution in [3.63, 3.8) is 0 Å². The van der Waals surface area contributed by atoms with E-state index in [1.165, 1.54) is 77.0 Å². The van der Waals surface area contributed by atoms with Crippen molar-refractivity contribution in [2.24, 2.45) is 0 Å². The molecule has 0 N–H and O–H groups in total. The molecular formula is C18H40Ge. The first-order chi connectivity index (χ1) is 9.12. The molecule has 0 aromatic carbocycles. The Morgan fingerprint density at radius 2 is 0.789 bits per heavy atom. The quantitative estimate of drug-likeness (QED) is 0.230. The van der Waals surface area contributed by atoms with Crippen molar-refractivity contribution < 1.29 is 0 Å². The van der Waals surface area contributed by atoms with Crippen molar-refractivity contribution in [1.29, 1.82) is 0 Å². The van der Waals surface area contributed by atoms with Crippen LogP contribution in [0.2, 0.25) is 22.0 Å². The number of hydrogen-bond donors (Lipinski definition) is 0. The number of rotatable bonds is 14. The van der Waals surface area contributed by atoms with Crippen LogP contribution < -0.4 is 0 Å². The van der Waals surface area contributed by atoms with Gasteiger partial charge >= 0.3 is 126 Å². The molecule has 0 saturated heterocycles. The molecule has 1 heteroatoms. The van der Waals surface area contributed by atoms with E-state index in [1.54, 1.807) is 10.5 Å². The Kier molecular flexibility index (Phi) is 13.9. The van der Waals surface area contributed by atoms with Crippen molar-refractivity contribution >= 4 is 13.3 Å². The van der Waals surface area contributed by atoms with Crippen molar-refractivity contribution in [1.82, 2.24) is 0 Å². The molecule has 0 aromatic heterocycles. The predicted octanol–water partition coefficient (Wildman–Crippen LogP) is 7.42. The van der Waals surface area contributed by atoms with Gasteiger partial charge in [-0.05, 0) is 0 Å². The molecule has 0 radical (unpaired) electrons. The normalized spacial score (nSPS) is 12.0. The van der Waals surface area contributed by atoms with E-state index in [0.717, 1.165) is 0 Å². The summed E-state index contributed by atoms with van der Waals surface area (Å²) in [6.07, 6.45) is 17.7. The maximum absolute atomic E-state index is 2.66. The summed E-state index contributed by atoms with van der Waals surface area (Å²) in [6.45, 7) is 4.61. The molecule has 0 bridgehead atoms. The molecule has 0 aliphatic rings. The van der Waals surface area contributed by atoms with Crippen LogP contribution >= 0.6 is 0 Å². The average Bonchev–Trinajstić information content (AvgIpc) is 2.38. The van der Waals surface area contributed by atoms with E-state index in [-0.39, 0.29) is 0 Å². The van der Waals surface area contributed by atoms with Crippen LogP contribution in [0.1, 0.15) is 90.9 Å². The first-order valence-corrected chi connectivity index (χ1v) is 16.3. The van der Waals surface area contributed by atoms with Gasteiger partial charge in [-0.1, -0.05) is 0 Å². The summed E-state index contributed by atoms with van der Waals surface area (Å²) in [7, 11) is 0. The minimum atomic E-state index is -1.34. The molecule has 0 fully saturated rings. The Morgan fingerprint density at radius 1 is 0.474 bits per heavy atom. The van der Waals surface area contributed by atoms with Gasteiger partial charge in [0.2, 0.25) is 0 Å². The summed E-state index contributed by atoms with van der Waals surface area (Å²) >= 11 is -1.34. The first-order valence-electron chi connectivity index (χ1n) is 9.12. The Hall–Kier alpha value is 0.543. The zero-order valence-electron chi connectivity index (χ0n) is 14.4. The summed E-state index contributed by atoms with van der Waals surface area (Å²) in [5.74, 6) is 5.33. The fraction of sp³-hybridized carbons (Fsp3) is 1.00. The van der Waals surface area contributed by atoms with Gasteiger partial charge in [-0.3, -0.25) is 0 Å². The molecule has 0 atom stereocenters. The van der Waals surface area contributed by atoms with E-state index < -0.39 is 13.3 Å². The summed E-state index contributed by atoms with van der Waals surface area (Å²) in [5.41, 5.74) is 0. The zero-order valence-corrected chi connectivity index (χ0v) is 16.5. The second-order valence-corrected chi connectivity index (χ2v) is 18.4. The van der Waals surface area contributed by atoms with Gasteiger partial charge in [0, 0.05) is 0 Å². The summed E-state index contributed by atoms with van der Waals surface area (Å²) in [5, 5.41) is 3.25. The van der Waals surface area contributed by atoms with Gasteiger partial charge in [0.15, 0.2) is 0 Å². The third-order valence-electron chi connectivity index (χ3n) is 4.41. The van der Waals surface area contributed by atoms with Crippen LogP contribution in [0.3, 0.4) is 0 Å². The van der Waals surface area contributed by atoms with Crippen LogP contribution in [0.5, 0.6) is 0 Å². The fourth-order valence-electron chi connectivity index (χ4n) is 2.89. The van der Waals surface area contributed by atoms with Crippen molar-refractivity contribution in [2.45, 2.75) is 113 Å². The molecule has 0 heterocycles. The third-order valence-corrected chi connectivity index (χ3v) is 11.6. The van der Waals surface area contributed by atoms with Gasteiger partial charge in [0.1, 0.15) is 0 Å². The average molecular weight is 329 g/mol. The molecule has 0 saturated carbocycles. The standard InChI is InChI=1S/C18H40Ge/c1-5-7-9-11-13-15-17-19(3,4)18-16-14-12-10-8-6-2/h5-18H2,1-4H3. The second-order valence-electron chi connectivity index (χ2n) is 7.20. The van der Waals surface area contributed by atoms with Crippen LogP contribution in [-0.4, -0.2) is 13.3 Å². The molecule has 0 spiro atoms. The molecule has 0 aliphatic heterocycles. The van der Waals surface area contributed by atoms with Crippen LogP contribution in [0.15, 0.2) is 0 Å². The van der Waals surface area contributed by atoms with Crippen molar-refractivity contribution in [3.05, 3.63) is 0 Å². The van der Waals surface area contributed by atoms with E-state index >= 15 is 0 Å². The van der Waals surface area contributed by atoms with E-state index in [9.17, 15) is 0 Å². The summed E-state index contributed by atoms with van der Waals surface area (Å²) in [4.78, 5) is 0. The summed E-state index contributed by atoms with van der Waals surface area (Å²) < 4.78 is 0. The SMILES string of the molecule is CCCCCCC[CH2][Ge]([CH3])([CH3])[CH2]CCCCCCC. The van der Waals surface area contributed by atoms with Gasteiger partial charge in [-0.25, -0.2) is 0 Å². The summed E-state index contributed by atoms with van der Waals surface area (Å²) in [6, 6.07) is 0. The molecule has 19 heavy (non-hydrogen) atoms. The molecule has 0 aliphatic carbocycles. The molecule has 0 rings (SSSR count). The Balaban J connectivity index is 3.36. The van der Waals surface area contributed by atoms with Gasteiger partial charge < -0.3 is 0 Å². The second kappa shape index (κ2) is 13.5. The Morgan fingerprint density at radius 3 is 1.16 bits per heavy atom. The maximum atomic E-state index is 2.66. The molecule has 0 unspecified atom stereocenters. The van der Waals surface area contributed by atoms with Crippen LogP contribution in [0, 0.1) is 0 Å². The molecule has 0 nitrogen and oxygen atoms in total. The number of unbranched alkanes of at least 4 members (excludes halogenated alkanes) is 10. The monoisotopic (exact) mass is 330 g/mol. The van der Waals surface area contributed by atoms with E-state index in [1.807, 2.05) is 0 Å². The Labute approximate surface area is 126 Å². The molecule has 0 aromatic rings. The van der Waals surface area contributed by atoms with Crippen LogP contribution in [0.4, 0.5) is 0 Å². The van der Waals surface area contributed by atoms with Crippen molar-refractivity contribution in [2.75, 3.05) is 0 Å². The number of hydrogen-bond acceptors (Lipinski definition) is 0. The van der Waals surface area contributed by atoms with E-state index in [4.69, 9.17) is 0 Å². The third kappa shape index (κ3) is 14.8.